The van der Waals surface area contributed by atoms with Crippen LogP contribution in [0, 0.1) is 5.92 Å². The summed E-state index contributed by atoms with van der Waals surface area (Å²) in [6.45, 7) is 4.18. The minimum atomic E-state index is -0.254. The first-order valence-electron chi connectivity index (χ1n) is 7.69. The molecule has 2 N–H and O–H groups in total. The van der Waals surface area contributed by atoms with Crippen LogP contribution in [0.3, 0.4) is 0 Å². The Bertz CT molecular complexity index is 795. The van der Waals surface area contributed by atoms with E-state index in [1.165, 1.54) is 0 Å². The van der Waals surface area contributed by atoms with Gasteiger partial charge >= 0.3 is 6.03 Å². The van der Waals surface area contributed by atoms with Gasteiger partial charge in [0.25, 0.3) is 0 Å². The van der Waals surface area contributed by atoms with Crippen LogP contribution in [-0.4, -0.2) is 15.7 Å². The van der Waals surface area contributed by atoms with E-state index in [0.717, 1.165) is 16.6 Å². The predicted molar refractivity (Wildman–Crippen MR) is 91.6 cm³/mol. The van der Waals surface area contributed by atoms with Crippen molar-refractivity contribution in [2.24, 2.45) is 5.92 Å². The Labute approximate surface area is 135 Å². The highest BCUT2D eigenvalue weighted by atomic mass is 16.2. The Morgan fingerprint density at radius 2 is 1.74 bits per heavy atom. The molecule has 0 aliphatic carbocycles. The third-order valence-corrected chi connectivity index (χ3v) is 3.79. The fraction of sp³-hybridized carbons (Fsp3) is 0.222. The number of aromatic nitrogens is 2. The van der Waals surface area contributed by atoms with Crippen molar-refractivity contribution in [3.8, 4) is 0 Å². The molecule has 3 rings (SSSR count). The van der Waals surface area contributed by atoms with Crippen molar-refractivity contribution in [3.63, 3.8) is 0 Å². The maximum Gasteiger partial charge on any atom is 0.334 e. The van der Waals surface area contributed by atoms with Crippen LogP contribution in [0.4, 0.5) is 4.79 Å². The summed E-state index contributed by atoms with van der Waals surface area (Å²) in [6.07, 6.45) is 1.61. The van der Waals surface area contributed by atoms with Gasteiger partial charge in [-0.15, -0.1) is 0 Å². The third-order valence-electron chi connectivity index (χ3n) is 3.79. The van der Waals surface area contributed by atoms with Gasteiger partial charge in [0.1, 0.15) is 6.33 Å². The lowest BCUT2D eigenvalue weighted by molar-refractivity contribution is 0.242. The van der Waals surface area contributed by atoms with Crippen LogP contribution >= 0.6 is 0 Å². The summed E-state index contributed by atoms with van der Waals surface area (Å²) in [7, 11) is 0. The summed E-state index contributed by atoms with van der Waals surface area (Å²) >= 11 is 0. The van der Waals surface area contributed by atoms with Gasteiger partial charge in [-0.25, -0.2) is 19.9 Å². The first-order chi connectivity index (χ1) is 11.1. The van der Waals surface area contributed by atoms with E-state index in [1.807, 2.05) is 54.6 Å². The summed E-state index contributed by atoms with van der Waals surface area (Å²) in [6, 6.07) is 17.3. The number of nitrogens with zero attached hydrogens (tertiary/aromatic N) is 2. The SMILES string of the molecule is CC(C)[C@H](NC(=O)Nn1cnc2ccccc21)c1ccccc1. The van der Waals surface area contributed by atoms with Crippen molar-refractivity contribution in [2.45, 2.75) is 19.9 Å². The van der Waals surface area contributed by atoms with Crippen LogP contribution in [0.25, 0.3) is 11.0 Å². The minimum absolute atomic E-state index is 0.0500. The van der Waals surface area contributed by atoms with Gasteiger partial charge in [0.2, 0.25) is 0 Å². The highest BCUT2D eigenvalue weighted by Gasteiger charge is 2.18. The monoisotopic (exact) mass is 308 g/mol. The first-order valence-corrected chi connectivity index (χ1v) is 7.69. The van der Waals surface area contributed by atoms with Crippen LogP contribution in [0.15, 0.2) is 60.9 Å². The Kier molecular flexibility index (Phi) is 4.28. The first kappa shape index (κ1) is 15.1. The molecule has 1 atom stereocenters. The van der Waals surface area contributed by atoms with Crippen LogP contribution in [0.5, 0.6) is 0 Å². The lowest BCUT2D eigenvalue weighted by atomic mass is 9.96. The second-order valence-electron chi connectivity index (χ2n) is 5.82. The Morgan fingerprint density at radius 1 is 1.04 bits per heavy atom. The number of carbonyl (C=O) groups is 1. The van der Waals surface area contributed by atoms with Gasteiger partial charge in [-0.3, -0.25) is 0 Å². The molecule has 5 heteroatoms. The molecule has 0 spiro atoms. The molecule has 0 fully saturated rings. The molecule has 1 heterocycles. The van der Waals surface area contributed by atoms with Gasteiger partial charge < -0.3 is 5.32 Å². The van der Waals surface area contributed by atoms with E-state index in [4.69, 9.17) is 0 Å². The van der Waals surface area contributed by atoms with Crippen LogP contribution < -0.4 is 10.7 Å². The fourth-order valence-electron chi connectivity index (χ4n) is 2.63. The van der Waals surface area contributed by atoms with Crippen LogP contribution in [0.1, 0.15) is 25.5 Å². The topological polar surface area (TPSA) is 59.0 Å². The number of amides is 2. The number of carbonyl (C=O) groups excluding carboxylic acids is 1. The quantitative estimate of drug-likeness (QED) is 0.772. The minimum Gasteiger partial charge on any atom is -0.330 e. The number of nitrogens with one attached hydrogen (secondary N) is 2. The Balaban J connectivity index is 1.75. The molecule has 0 unspecified atom stereocenters. The van der Waals surface area contributed by atoms with E-state index < -0.39 is 0 Å². The van der Waals surface area contributed by atoms with Crippen molar-refractivity contribution in [3.05, 3.63) is 66.5 Å². The summed E-state index contributed by atoms with van der Waals surface area (Å²) < 4.78 is 1.63. The van der Waals surface area contributed by atoms with Crippen molar-refractivity contribution in [1.82, 2.24) is 15.0 Å². The number of fused-ring (bicyclic) bond motifs is 1. The highest BCUT2D eigenvalue weighted by Crippen LogP contribution is 2.21. The lowest BCUT2D eigenvalue weighted by Crippen LogP contribution is -2.38. The molecule has 0 saturated heterocycles. The molecule has 0 saturated carbocycles. The Morgan fingerprint density at radius 3 is 2.48 bits per heavy atom. The van der Waals surface area contributed by atoms with E-state index in [1.54, 1.807) is 11.0 Å². The summed E-state index contributed by atoms with van der Waals surface area (Å²) in [5.41, 5.74) is 5.62. The number of imidazole rings is 1. The number of para-hydroxylation sites is 2. The molecule has 5 nitrogen and oxygen atoms in total. The van der Waals surface area contributed by atoms with Crippen molar-refractivity contribution in [1.29, 1.82) is 0 Å². The molecule has 2 amide bonds. The maximum absolute atomic E-state index is 12.4. The zero-order chi connectivity index (χ0) is 16.2. The van der Waals surface area contributed by atoms with Crippen molar-refractivity contribution < 1.29 is 4.79 Å². The number of benzene rings is 2. The molecule has 2 aromatic carbocycles. The smallest absolute Gasteiger partial charge is 0.330 e. The van der Waals surface area contributed by atoms with Crippen molar-refractivity contribution >= 4 is 17.1 Å². The maximum atomic E-state index is 12.4. The second kappa shape index (κ2) is 6.52. The normalized spacial score (nSPS) is 12.3. The molecule has 0 aliphatic heterocycles. The standard InChI is InChI=1S/C18H20N4O/c1-13(2)17(14-8-4-3-5-9-14)20-18(23)21-22-12-19-15-10-6-7-11-16(15)22/h3-13,17H,1-2H3,(H2,20,21,23)/t17-/m0/s1. The molecule has 1 aromatic heterocycles. The van der Waals surface area contributed by atoms with E-state index >= 15 is 0 Å². The van der Waals surface area contributed by atoms with E-state index in [2.05, 4.69) is 29.6 Å². The molecular formula is C18H20N4O. The summed E-state index contributed by atoms with van der Waals surface area (Å²) in [5.74, 6) is 0.280. The van der Waals surface area contributed by atoms with Crippen LogP contribution in [-0.2, 0) is 0 Å². The zero-order valence-electron chi connectivity index (χ0n) is 13.2. The predicted octanol–water partition coefficient (Wildman–Crippen LogP) is 3.69. The molecular weight excluding hydrogens is 288 g/mol. The molecule has 3 aromatic rings. The van der Waals surface area contributed by atoms with Gasteiger partial charge in [-0.05, 0) is 23.6 Å². The van der Waals surface area contributed by atoms with Gasteiger partial charge in [-0.1, -0.05) is 56.3 Å². The highest BCUT2D eigenvalue weighted by molar-refractivity contribution is 5.85. The Hall–Kier alpha value is -2.82. The molecule has 0 radical (unpaired) electrons. The lowest BCUT2D eigenvalue weighted by Gasteiger charge is -2.23. The fourth-order valence-corrected chi connectivity index (χ4v) is 2.63. The van der Waals surface area contributed by atoms with E-state index in [9.17, 15) is 4.79 Å². The largest absolute Gasteiger partial charge is 0.334 e. The van der Waals surface area contributed by atoms with Gasteiger partial charge in [-0.2, -0.15) is 0 Å². The van der Waals surface area contributed by atoms with E-state index in [-0.39, 0.29) is 18.0 Å². The third kappa shape index (κ3) is 3.34. The molecule has 23 heavy (non-hydrogen) atoms. The number of urea groups is 1. The number of rotatable bonds is 4. The summed E-state index contributed by atoms with van der Waals surface area (Å²) in [4.78, 5) is 16.6. The van der Waals surface area contributed by atoms with Gasteiger partial charge in [0.15, 0.2) is 0 Å². The van der Waals surface area contributed by atoms with Gasteiger partial charge in [0.05, 0.1) is 17.1 Å². The van der Waals surface area contributed by atoms with Crippen LogP contribution in [0.2, 0.25) is 0 Å². The number of hydrogen-bond acceptors (Lipinski definition) is 2. The summed E-state index contributed by atoms with van der Waals surface area (Å²) in [5, 5.41) is 3.04. The zero-order valence-corrected chi connectivity index (χ0v) is 13.2. The second-order valence-corrected chi connectivity index (χ2v) is 5.82. The molecule has 0 aliphatic rings. The average Bonchev–Trinajstić information content (AvgIpc) is 2.96. The van der Waals surface area contributed by atoms with Gasteiger partial charge in [0, 0.05) is 0 Å². The average molecular weight is 308 g/mol. The van der Waals surface area contributed by atoms with Crippen molar-refractivity contribution in [2.75, 3.05) is 5.43 Å². The molecule has 0 bridgehead atoms. The van der Waals surface area contributed by atoms with E-state index in [0.29, 0.717) is 0 Å². The number of hydrogen-bond donors (Lipinski definition) is 2. The molecule has 118 valence electrons.